The molecule has 0 radical (unpaired) electrons. The van der Waals surface area contributed by atoms with Gasteiger partial charge in [0.05, 0.1) is 30.2 Å². The summed E-state index contributed by atoms with van der Waals surface area (Å²) in [6.07, 6.45) is 4.88. The molecular formula is C29H34F4N6O3. The van der Waals surface area contributed by atoms with Crippen molar-refractivity contribution in [2.75, 3.05) is 6.61 Å². The number of rotatable bonds is 12. The van der Waals surface area contributed by atoms with Crippen molar-refractivity contribution in [3.8, 4) is 5.88 Å². The Morgan fingerprint density at radius 1 is 1.10 bits per heavy atom. The first-order chi connectivity index (χ1) is 20.1. The number of aromatic nitrogens is 4. The molecule has 2 fully saturated rings. The fraction of sp³-hybridized carbons (Fsp3) is 0.552. The van der Waals surface area contributed by atoms with Crippen LogP contribution in [0.3, 0.4) is 0 Å². The summed E-state index contributed by atoms with van der Waals surface area (Å²) in [7, 11) is 0. The molecule has 2 N–H and O–H groups in total. The number of nitrogens with zero attached hydrogens (tertiary/aromatic N) is 4. The van der Waals surface area contributed by atoms with E-state index in [1.807, 2.05) is 13.0 Å². The van der Waals surface area contributed by atoms with Gasteiger partial charge in [-0.05, 0) is 61.6 Å². The minimum atomic E-state index is -2.76. The molecule has 2 atom stereocenters. The predicted octanol–water partition coefficient (Wildman–Crippen LogP) is 5.43. The highest BCUT2D eigenvalue weighted by molar-refractivity contribution is 5.94. The number of carbonyl (C=O) groups excluding carboxylic acids is 2. The van der Waals surface area contributed by atoms with Gasteiger partial charge in [-0.1, -0.05) is 6.92 Å². The number of imidazole rings is 1. The van der Waals surface area contributed by atoms with E-state index in [9.17, 15) is 27.2 Å². The fourth-order valence-electron chi connectivity index (χ4n) is 5.44. The van der Waals surface area contributed by atoms with Crippen LogP contribution < -0.4 is 15.4 Å². The van der Waals surface area contributed by atoms with E-state index >= 15 is 0 Å². The molecule has 2 aliphatic rings. The Morgan fingerprint density at radius 3 is 2.52 bits per heavy atom. The molecular weight excluding hydrogens is 556 g/mol. The zero-order valence-corrected chi connectivity index (χ0v) is 23.2. The van der Waals surface area contributed by atoms with E-state index < -0.39 is 30.9 Å². The lowest BCUT2D eigenvalue weighted by Gasteiger charge is -2.33. The number of fused-ring (bicyclic) bond motifs is 1. The van der Waals surface area contributed by atoms with Crippen LogP contribution in [0.15, 0.2) is 36.8 Å². The number of pyridine rings is 1. The van der Waals surface area contributed by atoms with E-state index in [4.69, 9.17) is 9.72 Å². The highest BCUT2D eigenvalue weighted by Crippen LogP contribution is 2.42. The summed E-state index contributed by atoms with van der Waals surface area (Å²) in [6, 6.07) is 3.65. The molecule has 13 heteroatoms. The summed E-state index contributed by atoms with van der Waals surface area (Å²) >= 11 is 0. The molecule has 0 aromatic carbocycles. The molecule has 2 saturated carbocycles. The van der Waals surface area contributed by atoms with Gasteiger partial charge in [-0.25, -0.2) is 32.0 Å². The molecule has 3 heterocycles. The standard InChI is InChI=1S/C29H34F4N6O3/c1-2-3-24(40)37-26(17-4-5-17)20-12-23-36-21(15-39(23)35-14-20)27(18-6-9-29(32,33)10-7-18)38-28(41)19-8-11-34-25(13-19)42-16-22(30)31/h8,11-15,17-18,22,26-27H,2-7,9-10,16H2,1H3,(H,37,40)(H,38,41)/t26-,27+/m1/s1. The van der Waals surface area contributed by atoms with Gasteiger partial charge < -0.3 is 15.4 Å². The molecule has 2 aliphatic carbocycles. The van der Waals surface area contributed by atoms with Crippen LogP contribution in [0, 0.1) is 11.8 Å². The monoisotopic (exact) mass is 590 g/mol. The number of halogens is 4. The van der Waals surface area contributed by atoms with Crippen LogP contribution in [0.5, 0.6) is 5.88 Å². The number of alkyl halides is 4. The normalized spacial score (nSPS) is 18.5. The molecule has 3 aromatic rings. The average molecular weight is 591 g/mol. The predicted molar refractivity (Wildman–Crippen MR) is 144 cm³/mol. The van der Waals surface area contributed by atoms with Crippen LogP contribution in [-0.2, 0) is 4.79 Å². The molecule has 42 heavy (non-hydrogen) atoms. The number of nitrogens with one attached hydrogen (secondary N) is 2. The van der Waals surface area contributed by atoms with E-state index in [0.717, 1.165) is 24.8 Å². The van der Waals surface area contributed by atoms with E-state index in [2.05, 4.69) is 20.7 Å². The largest absolute Gasteiger partial charge is 0.472 e. The highest BCUT2D eigenvalue weighted by Gasteiger charge is 2.39. The van der Waals surface area contributed by atoms with Crippen molar-refractivity contribution in [3.63, 3.8) is 0 Å². The van der Waals surface area contributed by atoms with Crippen LogP contribution in [0.25, 0.3) is 5.65 Å². The third-order valence-electron chi connectivity index (χ3n) is 7.80. The highest BCUT2D eigenvalue weighted by atomic mass is 19.3. The molecule has 9 nitrogen and oxygen atoms in total. The third kappa shape index (κ3) is 7.35. The molecule has 5 rings (SSSR count). The minimum Gasteiger partial charge on any atom is -0.472 e. The Hall–Kier alpha value is -3.77. The molecule has 0 spiro atoms. The first-order valence-corrected chi connectivity index (χ1v) is 14.3. The quantitative estimate of drug-likeness (QED) is 0.272. The zero-order chi connectivity index (χ0) is 29.9. The number of hydrogen-bond donors (Lipinski definition) is 2. The molecule has 0 aliphatic heterocycles. The van der Waals surface area contributed by atoms with Crippen molar-refractivity contribution in [2.24, 2.45) is 11.8 Å². The molecule has 3 aromatic heterocycles. The lowest BCUT2D eigenvalue weighted by molar-refractivity contribution is -0.122. The van der Waals surface area contributed by atoms with Gasteiger partial charge in [0.25, 0.3) is 12.3 Å². The van der Waals surface area contributed by atoms with Gasteiger partial charge in [-0.15, -0.1) is 0 Å². The van der Waals surface area contributed by atoms with Gasteiger partial charge in [0.2, 0.25) is 17.7 Å². The molecule has 0 bridgehead atoms. The summed E-state index contributed by atoms with van der Waals surface area (Å²) in [5.74, 6) is -3.44. The Morgan fingerprint density at radius 2 is 1.83 bits per heavy atom. The van der Waals surface area contributed by atoms with Crippen molar-refractivity contribution in [1.29, 1.82) is 0 Å². The van der Waals surface area contributed by atoms with Crippen LogP contribution in [0.1, 0.15) is 92.0 Å². The molecule has 226 valence electrons. The summed E-state index contributed by atoms with van der Waals surface area (Å²) in [5.41, 5.74) is 1.92. The molecule has 2 amide bonds. The number of ether oxygens (including phenoxy) is 1. The second-order valence-electron chi connectivity index (χ2n) is 11.1. The lowest BCUT2D eigenvalue weighted by atomic mass is 9.81. The van der Waals surface area contributed by atoms with Gasteiger partial charge >= 0.3 is 0 Å². The van der Waals surface area contributed by atoms with Gasteiger partial charge in [0, 0.05) is 37.1 Å². The smallest absolute Gasteiger partial charge is 0.272 e. The maximum Gasteiger partial charge on any atom is 0.272 e. The third-order valence-corrected chi connectivity index (χ3v) is 7.80. The van der Waals surface area contributed by atoms with Gasteiger partial charge in [-0.2, -0.15) is 5.10 Å². The molecule has 0 saturated heterocycles. The molecule has 0 unspecified atom stereocenters. The van der Waals surface area contributed by atoms with E-state index in [0.29, 0.717) is 23.7 Å². The maximum absolute atomic E-state index is 14.0. The Balaban J connectivity index is 1.41. The van der Waals surface area contributed by atoms with Gasteiger partial charge in [0.1, 0.15) is 0 Å². The van der Waals surface area contributed by atoms with Crippen molar-refractivity contribution in [1.82, 2.24) is 30.2 Å². The van der Waals surface area contributed by atoms with Crippen molar-refractivity contribution < 1.29 is 31.9 Å². The van der Waals surface area contributed by atoms with Crippen molar-refractivity contribution in [3.05, 3.63) is 53.6 Å². The van der Waals surface area contributed by atoms with E-state index in [1.165, 1.54) is 18.3 Å². The fourth-order valence-corrected chi connectivity index (χ4v) is 5.44. The maximum atomic E-state index is 14.0. The van der Waals surface area contributed by atoms with Crippen LogP contribution in [-0.4, -0.2) is 50.4 Å². The topological polar surface area (TPSA) is 111 Å². The van der Waals surface area contributed by atoms with E-state index in [1.54, 1.807) is 16.9 Å². The summed E-state index contributed by atoms with van der Waals surface area (Å²) < 4.78 is 59.7. The Bertz CT molecular complexity index is 1400. The number of amides is 2. The van der Waals surface area contributed by atoms with E-state index in [-0.39, 0.29) is 55.0 Å². The minimum absolute atomic E-state index is 0.0194. The Labute approximate surface area is 240 Å². The summed E-state index contributed by atoms with van der Waals surface area (Å²) in [6.45, 7) is 1.08. The summed E-state index contributed by atoms with van der Waals surface area (Å²) in [4.78, 5) is 34.3. The zero-order valence-electron chi connectivity index (χ0n) is 23.2. The average Bonchev–Trinajstić information content (AvgIpc) is 3.71. The number of carbonyl (C=O) groups is 2. The first-order valence-electron chi connectivity index (χ1n) is 14.3. The first kappa shape index (κ1) is 29.7. The van der Waals surface area contributed by atoms with Crippen molar-refractivity contribution in [2.45, 2.75) is 82.7 Å². The lowest BCUT2D eigenvalue weighted by Crippen LogP contribution is -2.37. The van der Waals surface area contributed by atoms with Crippen molar-refractivity contribution >= 4 is 17.5 Å². The van der Waals surface area contributed by atoms with Crippen LogP contribution in [0.2, 0.25) is 0 Å². The van der Waals surface area contributed by atoms with Crippen LogP contribution in [0.4, 0.5) is 17.6 Å². The van der Waals surface area contributed by atoms with Crippen LogP contribution >= 0.6 is 0 Å². The SMILES string of the molecule is CCCC(=O)N[C@@H](c1cnn2cc([C@@H](NC(=O)c3ccnc(OCC(F)F)c3)C3CCC(F)(F)CC3)nc2c1)C1CC1. The van der Waals surface area contributed by atoms with Gasteiger partial charge in [-0.3, -0.25) is 9.59 Å². The summed E-state index contributed by atoms with van der Waals surface area (Å²) in [5, 5.41) is 10.5. The second kappa shape index (κ2) is 12.6. The number of hydrogen-bond acceptors (Lipinski definition) is 6. The Kier molecular flexibility index (Phi) is 8.93. The van der Waals surface area contributed by atoms with Gasteiger partial charge in [0.15, 0.2) is 12.3 Å². The second-order valence-corrected chi connectivity index (χ2v) is 11.1.